The molecule has 3 heteroatoms. The molecule has 0 aromatic rings. The highest BCUT2D eigenvalue weighted by molar-refractivity contribution is 4.97. The van der Waals surface area contributed by atoms with Crippen LogP contribution in [0.25, 0.3) is 0 Å². The van der Waals surface area contributed by atoms with Gasteiger partial charge in [0, 0.05) is 13.2 Å². The van der Waals surface area contributed by atoms with Crippen LogP contribution in [0.3, 0.4) is 0 Å². The van der Waals surface area contributed by atoms with Gasteiger partial charge in [-0.1, -0.05) is 5.92 Å². The van der Waals surface area contributed by atoms with E-state index in [4.69, 9.17) is 16.9 Å². The number of nitrogens with two attached hydrogens (primary N) is 1. The van der Waals surface area contributed by atoms with E-state index in [2.05, 4.69) is 11.2 Å². The lowest BCUT2D eigenvalue weighted by Gasteiger charge is -2.25. The van der Waals surface area contributed by atoms with E-state index in [1.807, 2.05) is 0 Å². The first-order valence-electron chi connectivity index (χ1n) is 3.79. The van der Waals surface area contributed by atoms with Gasteiger partial charge >= 0.3 is 0 Å². The summed E-state index contributed by atoms with van der Waals surface area (Å²) < 4.78 is 5.24. The summed E-state index contributed by atoms with van der Waals surface area (Å²) in [6.07, 6.45) is 6.09. The van der Waals surface area contributed by atoms with E-state index in [1.54, 1.807) is 0 Å². The van der Waals surface area contributed by atoms with Gasteiger partial charge in [0.1, 0.15) is 0 Å². The molecule has 3 N–H and O–H groups in total. The normalized spacial score (nSPS) is 30.2. The van der Waals surface area contributed by atoms with Crippen molar-refractivity contribution in [3.63, 3.8) is 0 Å². The Morgan fingerprint density at radius 2 is 2.55 bits per heavy atom. The van der Waals surface area contributed by atoms with Gasteiger partial charge < -0.3 is 10.5 Å². The van der Waals surface area contributed by atoms with Crippen LogP contribution in [0.5, 0.6) is 0 Å². The number of rotatable bonds is 3. The number of terminal acetylenes is 1. The van der Waals surface area contributed by atoms with Gasteiger partial charge in [0.25, 0.3) is 0 Å². The Hall–Kier alpha value is -0.560. The number of hydrogen-bond donors (Lipinski definition) is 2. The molecule has 1 aliphatic heterocycles. The monoisotopic (exact) mass is 154 g/mol. The highest BCUT2D eigenvalue weighted by Crippen LogP contribution is 2.16. The largest absolute Gasteiger partial charge is 0.379 e. The number of ether oxygens (including phenoxy) is 1. The van der Waals surface area contributed by atoms with Crippen molar-refractivity contribution in [3.8, 4) is 12.3 Å². The number of nitrogens with one attached hydrogen (secondary N) is 1. The standard InChI is InChI=1S/C8H14N2O/c1-2-4-10-8(6-9)3-5-11-7-8/h1,10H,3-7,9H2. The minimum atomic E-state index is -0.0492. The van der Waals surface area contributed by atoms with E-state index in [1.165, 1.54) is 0 Å². The molecule has 3 nitrogen and oxygen atoms in total. The summed E-state index contributed by atoms with van der Waals surface area (Å²) in [4.78, 5) is 0. The Morgan fingerprint density at radius 3 is 3.00 bits per heavy atom. The first-order valence-corrected chi connectivity index (χ1v) is 3.79. The smallest absolute Gasteiger partial charge is 0.0661 e. The van der Waals surface area contributed by atoms with Crippen LogP contribution < -0.4 is 11.1 Å². The Labute approximate surface area is 67.3 Å². The van der Waals surface area contributed by atoms with Crippen LogP contribution in [0.1, 0.15) is 6.42 Å². The molecule has 1 unspecified atom stereocenters. The second-order valence-corrected chi connectivity index (χ2v) is 2.84. The summed E-state index contributed by atoms with van der Waals surface area (Å²) in [7, 11) is 0. The lowest BCUT2D eigenvalue weighted by atomic mass is 9.99. The van der Waals surface area contributed by atoms with Crippen molar-refractivity contribution >= 4 is 0 Å². The number of hydrogen-bond acceptors (Lipinski definition) is 3. The molecule has 1 heterocycles. The van der Waals surface area contributed by atoms with E-state index < -0.39 is 0 Å². The average Bonchev–Trinajstić information content (AvgIpc) is 2.50. The summed E-state index contributed by atoms with van der Waals surface area (Å²) >= 11 is 0. The molecule has 1 rings (SSSR count). The minimum absolute atomic E-state index is 0.0492. The second-order valence-electron chi connectivity index (χ2n) is 2.84. The topological polar surface area (TPSA) is 47.3 Å². The zero-order valence-corrected chi connectivity index (χ0v) is 6.60. The predicted molar refractivity (Wildman–Crippen MR) is 44.1 cm³/mol. The highest BCUT2D eigenvalue weighted by Gasteiger charge is 2.32. The zero-order chi connectivity index (χ0) is 8.16. The molecule has 0 aliphatic carbocycles. The van der Waals surface area contributed by atoms with Crippen LogP contribution in [-0.2, 0) is 4.74 Å². The van der Waals surface area contributed by atoms with Gasteiger partial charge in [0.15, 0.2) is 0 Å². The van der Waals surface area contributed by atoms with Crippen molar-refractivity contribution < 1.29 is 4.74 Å². The molecular formula is C8H14N2O. The molecule has 0 aromatic carbocycles. The van der Waals surface area contributed by atoms with Gasteiger partial charge in [0.05, 0.1) is 18.7 Å². The molecule has 62 valence electrons. The van der Waals surface area contributed by atoms with E-state index in [9.17, 15) is 0 Å². The molecule has 1 fully saturated rings. The fourth-order valence-electron chi connectivity index (χ4n) is 1.22. The fraction of sp³-hybridized carbons (Fsp3) is 0.750. The van der Waals surface area contributed by atoms with Crippen LogP contribution in [0.4, 0.5) is 0 Å². The molecular weight excluding hydrogens is 140 g/mol. The lowest BCUT2D eigenvalue weighted by Crippen LogP contribution is -2.51. The van der Waals surface area contributed by atoms with Crippen molar-refractivity contribution in [1.29, 1.82) is 0 Å². The highest BCUT2D eigenvalue weighted by atomic mass is 16.5. The molecule has 0 bridgehead atoms. The van der Waals surface area contributed by atoms with Crippen LogP contribution in [0.2, 0.25) is 0 Å². The maximum atomic E-state index is 5.60. The SMILES string of the molecule is C#CCNC1(CN)CCOC1. The zero-order valence-electron chi connectivity index (χ0n) is 6.60. The molecule has 0 aromatic heterocycles. The fourth-order valence-corrected chi connectivity index (χ4v) is 1.22. The van der Waals surface area contributed by atoms with Crippen LogP contribution in [0.15, 0.2) is 0 Å². The van der Waals surface area contributed by atoms with Gasteiger partial charge in [-0.2, -0.15) is 0 Å². The van der Waals surface area contributed by atoms with E-state index >= 15 is 0 Å². The third-order valence-electron chi connectivity index (χ3n) is 2.06. The summed E-state index contributed by atoms with van der Waals surface area (Å²) in [6, 6.07) is 0. The Kier molecular flexibility index (Phi) is 2.89. The van der Waals surface area contributed by atoms with E-state index in [0.29, 0.717) is 19.7 Å². The van der Waals surface area contributed by atoms with Gasteiger partial charge in [-0.3, -0.25) is 5.32 Å². The lowest BCUT2D eigenvalue weighted by molar-refractivity contribution is 0.170. The first kappa shape index (κ1) is 8.54. The quantitative estimate of drug-likeness (QED) is 0.530. The molecule has 0 saturated carbocycles. The second kappa shape index (κ2) is 3.72. The molecule has 1 saturated heterocycles. The molecule has 0 amide bonds. The summed E-state index contributed by atoms with van der Waals surface area (Å²) in [5.41, 5.74) is 5.55. The van der Waals surface area contributed by atoms with Crippen molar-refractivity contribution in [2.24, 2.45) is 5.73 Å². The van der Waals surface area contributed by atoms with Crippen molar-refractivity contribution in [2.45, 2.75) is 12.0 Å². The minimum Gasteiger partial charge on any atom is -0.379 e. The van der Waals surface area contributed by atoms with Crippen LogP contribution >= 0.6 is 0 Å². The van der Waals surface area contributed by atoms with Crippen LogP contribution in [-0.4, -0.2) is 31.8 Å². The maximum Gasteiger partial charge on any atom is 0.0661 e. The van der Waals surface area contributed by atoms with Crippen LogP contribution in [0, 0.1) is 12.3 Å². The summed E-state index contributed by atoms with van der Waals surface area (Å²) in [5, 5.41) is 3.21. The van der Waals surface area contributed by atoms with Crippen molar-refractivity contribution in [2.75, 3.05) is 26.3 Å². The van der Waals surface area contributed by atoms with Crippen molar-refractivity contribution in [1.82, 2.24) is 5.32 Å². The molecule has 1 aliphatic rings. The van der Waals surface area contributed by atoms with E-state index in [-0.39, 0.29) is 5.54 Å². The Bertz CT molecular complexity index is 156. The molecule has 0 radical (unpaired) electrons. The third kappa shape index (κ3) is 1.93. The average molecular weight is 154 g/mol. The van der Waals surface area contributed by atoms with Crippen molar-refractivity contribution in [3.05, 3.63) is 0 Å². The maximum absolute atomic E-state index is 5.60. The summed E-state index contributed by atoms with van der Waals surface area (Å²) in [6.45, 7) is 2.63. The van der Waals surface area contributed by atoms with Gasteiger partial charge in [-0.05, 0) is 6.42 Å². The predicted octanol–water partition coefficient (Wildman–Crippen LogP) is -0.673. The van der Waals surface area contributed by atoms with Gasteiger partial charge in [-0.15, -0.1) is 6.42 Å². The Balaban J connectivity index is 2.40. The molecule has 1 atom stereocenters. The summed E-state index contributed by atoms with van der Waals surface area (Å²) in [5.74, 6) is 2.53. The molecule has 11 heavy (non-hydrogen) atoms. The van der Waals surface area contributed by atoms with Gasteiger partial charge in [-0.25, -0.2) is 0 Å². The third-order valence-corrected chi connectivity index (χ3v) is 2.06. The Morgan fingerprint density at radius 1 is 1.73 bits per heavy atom. The molecule has 0 spiro atoms. The first-order chi connectivity index (χ1) is 5.33. The van der Waals surface area contributed by atoms with Gasteiger partial charge in [0.2, 0.25) is 0 Å². The van der Waals surface area contributed by atoms with E-state index in [0.717, 1.165) is 13.0 Å².